The molecule has 0 saturated carbocycles. The van der Waals surface area contributed by atoms with Crippen LogP contribution in [0.2, 0.25) is 0 Å². The van der Waals surface area contributed by atoms with Gasteiger partial charge in [-0.15, -0.1) is 11.6 Å². The summed E-state index contributed by atoms with van der Waals surface area (Å²) in [4.78, 5) is 4.47. The second-order valence-corrected chi connectivity index (χ2v) is 5.71. The summed E-state index contributed by atoms with van der Waals surface area (Å²) in [5.41, 5.74) is 2.49. The number of nitrogens with zero attached hydrogens (tertiary/aromatic N) is 1. The van der Waals surface area contributed by atoms with Gasteiger partial charge >= 0.3 is 0 Å². The van der Waals surface area contributed by atoms with Crippen molar-refractivity contribution in [2.24, 2.45) is 5.41 Å². The van der Waals surface area contributed by atoms with Crippen LogP contribution in [0.25, 0.3) is 0 Å². The molecule has 96 valence electrons. The summed E-state index contributed by atoms with van der Waals surface area (Å²) < 4.78 is 0. The van der Waals surface area contributed by atoms with Gasteiger partial charge < -0.3 is 5.32 Å². The number of rotatable bonds is 7. The highest BCUT2D eigenvalue weighted by Crippen LogP contribution is 2.21. The maximum Gasteiger partial charge on any atom is 0.0544 e. The molecule has 0 spiro atoms. The normalized spacial score (nSPS) is 11.8. The first-order chi connectivity index (χ1) is 8.03. The fourth-order valence-electron chi connectivity index (χ4n) is 1.86. The zero-order valence-corrected chi connectivity index (χ0v) is 11.8. The average molecular weight is 255 g/mol. The fraction of sp³-hybridized carbons (Fsp3) is 0.643. The van der Waals surface area contributed by atoms with E-state index >= 15 is 0 Å². The van der Waals surface area contributed by atoms with Gasteiger partial charge in [0.2, 0.25) is 0 Å². The van der Waals surface area contributed by atoms with Crippen molar-refractivity contribution in [3.63, 3.8) is 0 Å². The molecule has 3 heteroatoms. The monoisotopic (exact) mass is 254 g/mol. The molecule has 0 fully saturated rings. The van der Waals surface area contributed by atoms with Crippen LogP contribution in [-0.4, -0.2) is 17.4 Å². The summed E-state index contributed by atoms with van der Waals surface area (Å²) in [6, 6.07) is 6.14. The Kier molecular flexibility index (Phi) is 5.93. The maximum absolute atomic E-state index is 5.72. The predicted molar refractivity (Wildman–Crippen MR) is 74.4 cm³/mol. The summed E-state index contributed by atoms with van der Waals surface area (Å²) in [5.74, 6) is 0.753. The van der Waals surface area contributed by atoms with Crippen LogP contribution < -0.4 is 5.32 Å². The lowest BCUT2D eigenvalue weighted by Gasteiger charge is -2.24. The van der Waals surface area contributed by atoms with E-state index in [1.165, 1.54) is 0 Å². The molecule has 2 nitrogen and oxygen atoms in total. The molecule has 1 rings (SSSR count). The van der Waals surface area contributed by atoms with Gasteiger partial charge in [-0.1, -0.05) is 19.9 Å². The Hall–Kier alpha value is -0.600. The van der Waals surface area contributed by atoms with Crippen LogP contribution >= 0.6 is 11.6 Å². The average Bonchev–Trinajstić information content (AvgIpc) is 2.26. The van der Waals surface area contributed by atoms with E-state index in [0.717, 1.165) is 43.2 Å². The van der Waals surface area contributed by atoms with Crippen molar-refractivity contribution in [1.82, 2.24) is 10.3 Å². The van der Waals surface area contributed by atoms with Gasteiger partial charge in [0.1, 0.15) is 0 Å². The van der Waals surface area contributed by atoms with Gasteiger partial charge in [0.25, 0.3) is 0 Å². The van der Waals surface area contributed by atoms with Crippen LogP contribution in [0, 0.1) is 12.3 Å². The highest BCUT2D eigenvalue weighted by atomic mass is 35.5. The molecule has 1 aromatic rings. The number of pyridine rings is 1. The van der Waals surface area contributed by atoms with Gasteiger partial charge in [-0.3, -0.25) is 4.98 Å². The van der Waals surface area contributed by atoms with Crippen LogP contribution in [0.3, 0.4) is 0 Å². The van der Waals surface area contributed by atoms with E-state index in [0.29, 0.717) is 5.41 Å². The summed E-state index contributed by atoms with van der Waals surface area (Å²) in [6.45, 7) is 8.41. The molecule has 1 N–H and O–H groups in total. The van der Waals surface area contributed by atoms with Crippen LogP contribution in [0.5, 0.6) is 0 Å². The number of aryl methyl sites for hydroxylation is 1. The minimum atomic E-state index is 0.304. The maximum atomic E-state index is 5.72. The van der Waals surface area contributed by atoms with Crippen molar-refractivity contribution in [3.8, 4) is 0 Å². The van der Waals surface area contributed by atoms with Crippen LogP contribution in [0.4, 0.5) is 0 Å². The van der Waals surface area contributed by atoms with E-state index in [2.05, 4.69) is 36.3 Å². The first-order valence-electron chi connectivity index (χ1n) is 6.23. The summed E-state index contributed by atoms with van der Waals surface area (Å²) in [7, 11) is 0. The van der Waals surface area contributed by atoms with E-state index in [-0.39, 0.29) is 0 Å². The Balaban J connectivity index is 2.32. The molecule has 1 aromatic heterocycles. The fourth-order valence-corrected chi connectivity index (χ4v) is 1.99. The first-order valence-corrected chi connectivity index (χ1v) is 6.76. The molecule has 0 radical (unpaired) electrons. The van der Waals surface area contributed by atoms with Crippen molar-refractivity contribution in [1.29, 1.82) is 0 Å². The number of hydrogen-bond donors (Lipinski definition) is 1. The second-order valence-electron chi connectivity index (χ2n) is 5.33. The summed E-state index contributed by atoms with van der Waals surface area (Å²) >= 11 is 5.72. The quantitative estimate of drug-likeness (QED) is 0.753. The van der Waals surface area contributed by atoms with E-state index in [1.54, 1.807) is 0 Å². The van der Waals surface area contributed by atoms with Crippen LogP contribution in [-0.2, 0) is 6.54 Å². The minimum absolute atomic E-state index is 0.304. The smallest absolute Gasteiger partial charge is 0.0544 e. The van der Waals surface area contributed by atoms with E-state index in [9.17, 15) is 0 Å². The van der Waals surface area contributed by atoms with Gasteiger partial charge in [-0.25, -0.2) is 0 Å². The molecule has 0 aliphatic carbocycles. The summed E-state index contributed by atoms with van der Waals surface area (Å²) in [6.07, 6.45) is 2.24. The van der Waals surface area contributed by atoms with Crippen molar-refractivity contribution in [2.45, 2.75) is 40.2 Å². The topological polar surface area (TPSA) is 24.9 Å². The lowest BCUT2D eigenvalue weighted by molar-refractivity contribution is 0.310. The van der Waals surface area contributed by atoms with Gasteiger partial charge in [0.05, 0.1) is 5.69 Å². The zero-order valence-electron chi connectivity index (χ0n) is 11.1. The molecular formula is C14H23ClN2. The Bertz CT molecular complexity index is 337. The molecule has 17 heavy (non-hydrogen) atoms. The number of aromatic nitrogens is 1. The van der Waals surface area contributed by atoms with Crippen molar-refractivity contribution in [2.75, 3.05) is 12.4 Å². The third kappa shape index (κ3) is 6.04. The zero-order chi connectivity index (χ0) is 12.7. The molecule has 0 aromatic carbocycles. The Morgan fingerprint density at radius 1 is 1.35 bits per heavy atom. The first kappa shape index (κ1) is 14.5. The van der Waals surface area contributed by atoms with Gasteiger partial charge in [-0.2, -0.15) is 0 Å². The number of nitrogens with one attached hydrogen (secondary N) is 1. The van der Waals surface area contributed by atoms with Gasteiger partial charge in [-0.05, 0) is 37.3 Å². The lowest BCUT2D eigenvalue weighted by atomic mass is 9.88. The highest BCUT2D eigenvalue weighted by Gasteiger charge is 2.16. The molecule has 0 amide bonds. The van der Waals surface area contributed by atoms with Crippen molar-refractivity contribution < 1.29 is 0 Å². The molecule has 1 heterocycles. The molecule has 0 saturated heterocycles. The minimum Gasteiger partial charge on any atom is -0.311 e. The van der Waals surface area contributed by atoms with Crippen molar-refractivity contribution in [3.05, 3.63) is 29.6 Å². The van der Waals surface area contributed by atoms with E-state index in [4.69, 9.17) is 11.6 Å². The Labute approximate surface area is 110 Å². The standard InChI is InChI=1S/C14H23ClN2/c1-12-6-4-7-13(17-12)10-16-11-14(2,3)8-5-9-15/h4,6-7,16H,5,8-11H2,1-3H3. The van der Waals surface area contributed by atoms with Crippen molar-refractivity contribution >= 4 is 11.6 Å². The molecule has 0 aliphatic rings. The molecular weight excluding hydrogens is 232 g/mol. The predicted octanol–water partition coefficient (Wildman–Crippen LogP) is 3.52. The molecule has 0 aliphatic heterocycles. The third-order valence-corrected chi connectivity index (χ3v) is 3.11. The van der Waals surface area contributed by atoms with E-state index in [1.807, 2.05) is 13.0 Å². The largest absolute Gasteiger partial charge is 0.311 e. The molecule has 0 bridgehead atoms. The number of alkyl halides is 1. The summed E-state index contributed by atoms with van der Waals surface area (Å²) in [5, 5.41) is 3.47. The van der Waals surface area contributed by atoms with Crippen LogP contribution in [0.1, 0.15) is 38.1 Å². The second kappa shape index (κ2) is 6.97. The Morgan fingerprint density at radius 3 is 2.76 bits per heavy atom. The molecule has 0 atom stereocenters. The highest BCUT2D eigenvalue weighted by molar-refractivity contribution is 6.17. The van der Waals surface area contributed by atoms with E-state index < -0.39 is 0 Å². The molecule has 0 unspecified atom stereocenters. The number of halogens is 1. The Morgan fingerprint density at radius 2 is 2.12 bits per heavy atom. The lowest BCUT2D eigenvalue weighted by Crippen LogP contribution is -2.29. The number of hydrogen-bond acceptors (Lipinski definition) is 2. The van der Waals surface area contributed by atoms with Crippen LogP contribution in [0.15, 0.2) is 18.2 Å². The third-order valence-electron chi connectivity index (χ3n) is 2.84. The van der Waals surface area contributed by atoms with Gasteiger partial charge in [0.15, 0.2) is 0 Å². The SMILES string of the molecule is Cc1cccc(CNCC(C)(C)CCCCl)n1. The van der Waals surface area contributed by atoms with Gasteiger partial charge in [0, 0.05) is 24.7 Å².